The van der Waals surface area contributed by atoms with Gasteiger partial charge in [-0.3, -0.25) is 0 Å². The standard InChI is InChI=1S/C12H14BrNO2/c13-10-3-1-8(2-4-10)5-9-6-11(12(15)16)14-7-9/h1-4,9,11,14H,5-7H2,(H,15,16)/t9-,11+/m1/s1. The SMILES string of the molecule is O=C([O-])[C@@H]1C[C@@H](Cc2ccc(Br)cc2)C[NH2+]1. The normalized spacial score (nSPS) is 24.6. The van der Waals surface area contributed by atoms with E-state index in [4.69, 9.17) is 0 Å². The number of hydrogen-bond donors (Lipinski definition) is 1. The summed E-state index contributed by atoms with van der Waals surface area (Å²) in [6.07, 6.45) is 1.67. The van der Waals surface area contributed by atoms with E-state index < -0.39 is 5.97 Å². The van der Waals surface area contributed by atoms with Gasteiger partial charge < -0.3 is 15.2 Å². The summed E-state index contributed by atoms with van der Waals surface area (Å²) in [6.45, 7) is 0.884. The van der Waals surface area contributed by atoms with Crippen LogP contribution in [-0.4, -0.2) is 18.6 Å². The minimum atomic E-state index is -0.932. The Morgan fingerprint density at radius 3 is 2.69 bits per heavy atom. The molecule has 1 aliphatic heterocycles. The largest absolute Gasteiger partial charge is 0.544 e. The predicted octanol–water partition coefficient (Wildman–Crippen LogP) is -0.307. The van der Waals surface area contributed by atoms with Gasteiger partial charge in [0.05, 0.1) is 12.5 Å². The van der Waals surface area contributed by atoms with Crippen molar-refractivity contribution >= 4 is 21.9 Å². The van der Waals surface area contributed by atoms with Gasteiger partial charge in [-0.2, -0.15) is 0 Å². The molecule has 0 aliphatic carbocycles. The van der Waals surface area contributed by atoms with Crippen LogP contribution in [0.25, 0.3) is 0 Å². The molecule has 86 valence electrons. The number of aliphatic carboxylic acids is 1. The Morgan fingerprint density at radius 2 is 2.12 bits per heavy atom. The van der Waals surface area contributed by atoms with Crippen LogP contribution in [0.15, 0.2) is 28.7 Å². The van der Waals surface area contributed by atoms with Crippen LogP contribution in [0, 0.1) is 5.92 Å². The van der Waals surface area contributed by atoms with Gasteiger partial charge in [0.2, 0.25) is 0 Å². The molecule has 0 unspecified atom stereocenters. The van der Waals surface area contributed by atoms with Crippen molar-refractivity contribution in [1.29, 1.82) is 0 Å². The maximum Gasteiger partial charge on any atom is 0.127 e. The summed E-state index contributed by atoms with van der Waals surface area (Å²) in [5, 5.41) is 12.6. The first-order chi connectivity index (χ1) is 7.65. The number of carbonyl (C=O) groups is 1. The van der Waals surface area contributed by atoms with E-state index in [1.165, 1.54) is 5.56 Å². The van der Waals surface area contributed by atoms with Crippen LogP contribution in [0.1, 0.15) is 12.0 Å². The van der Waals surface area contributed by atoms with Gasteiger partial charge in [-0.1, -0.05) is 28.1 Å². The summed E-state index contributed by atoms with van der Waals surface area (Å²) < 4.78 is 1.07. The summed E-state index contributed by atoms with van der Waals surface area (Å²) in [7, 11) is 0. The van der Waals surface area contributed by atoms with Crippen molar-refractivity contribution in [3.8, 4) is 0 Å². The van der Waals surface area contributed by atoms with Crippen LogP contribution >= 0.6 is 15.9 Å². The van der Waals surface area contributed by atoms with Crippen molar-refractivity contribution in [3.63, 3.8) is 0 Å². The average molecular weight is 284 g/mol. The molecule has 0 radical (unpaired) electrons. The molecule has 1 aromatic carbocycles. The van der Waals surface area contributed by atoms with E-state index in [0.29, 0.717) is 5.92 Å². The first kappa shape index (κ1) is 11.6. The van der Waals surface area contributed by atoms with Crippen molar-refractivity contribution in [2.45, 2.75) is 18.9 Å². The molecule has 2 atom stereocenters. The Balaban J connectivity index is 1.92. The zero-order valence-corrected chi connectivity index (χ0v) is 10.4. The molecule has 0 saturated carbocycles. The number of carboxylic acids is 1. The molecule has 1 saturated heterocycles. The Kier molecular flexibility index (Phi) is 3.61. The highest BCUT2D eigenvalue weighted by molar-refractivity contribution is 9.10. The second-order valence-electron chi connectivity index (χ2n) is 4.33. The maximum absolute atomic E-state index is 10.7. The topological polar surface area (TPSA) is 56.7 Å². The zero-order valence-electron chi connectivity index (χ0n) is 8.86. The highest BCUT2D eigenvalue weighted by Crippen LogP contribution is 2.17. The van der Waals surface area contributed by atoms with Crippen LogP contribution in [0.2, 0.25) is 0 Å². The molecule has 4 heteroatoms. The molecule has 0 amide bonds. The van der Waals surface area contributed by atoms with Crippen LogP contribution < -0.4 is 10.4 Å². The van der Waals surface area contributed by atoms with Crippen molar-refractivity contribution in [2.75, 3.05) is 6.54 Å². The lowest BCUT2D eigenvalue weighted by atomic mass is 9.97. The number of quaternary nitrogens is 1. The summed E-state index contributed by atoms with van der Waals surface area (Å²) in [6, 6.07) is 7.85. The van der Waals surface area contributed by atoms with E-state index in [-0.39, 0.29) is 6.04 Å². The molecule has 1 heterocycles. The molecule has 2 rings (SSSR count). The van der Waals surface area contributed by atoms with E-state index in [2.05, 4.69) is 28.1 Å². The minimum Gasteiger partial charge on any atom is -0.544 e. The van der Waals surface area contributed by atoms with Crippen molar-refractivity contribution in [3.05, 3.63) is 34.3 Å². The van der Waals surface area contributed by atoms with Gasteiger partial charge in [0, 0.05) is 16.8 Å². The molecule has 3 nitrogen and oxygen atoms in total. The number of benzene rings is 1. The van der Waals surface area contributed by atoms with Crippen LogP contribution in [0.5, 0.6) is 0 Å². The average Bonchev–Trinajstić information content (AvgIpc) is 2.70. The fraction of sp³-hybridized carbons (Fsp3) is 0.417. The van der Waals surface area contributed by atoms with Gasteiger partial charge in [0.25, 0.3) is 0 Å². The number of carbonyl (C=O) groups excluding carboxylic acids is 1. The third-order valence-corrected chi connectivity index (χ3v) is 3.61. The fourth-order valence-electron chi connectivity index (χ4n) is 2.22. The van der Waals surface area contributed by atoms with Gasteiger partial charge in [0.15, 0.2) is 0 Å². The fourth-order valence-corrected chi connectivity index (χ4v) is 2.49. The number of rotatable bonds is 3. The van der Waals surface area contributed by atoms with E-state index in [1.807, 2.05) is 17.4 Å². The molecule has 0 aromatic heterocycles. The van der Waals surface area contributed by atoms with E-state index in [0.717, 1.165) is 23.9 Å². The second kappa shape index (κ2) is 4.97. The summed E-state index contributed by atoms with van der Waals surface area (Å²) in [4.78, 5) is 10.7. The molecule has 2 N–H and O–H groups in total. The second-order valence-corrected chi connectivity index (χ2v) is 5.24. The van der Waals surface area contributed by atoms with Crippen LogP contribution in [0.4, 0.5) is 0 Å². The number of carboxylic acid groups (broad SMARTS) is 1. The number of hydrogen-bond acceptors (Lipinski definition) is 2. The zero-order chi connectivity index (χ0) is 11.5. The Morgan fingerprint density at radius 1 is 1.44 bits per heavy atom. The van der Waals surface area contributed by atoms with Gasteiger partial charge in [-0.15, -0.1) is 0 Å². The van der Waals surface area contributed by atoms with Gasteiger partial charge in [0.1, 0.15) is 6.04 Å². The van der Waals surface area contributed by atoms with E-state index >= 15 is 0 Å². The van der Waals surface area contributed by atoms with Crippen molar-refractivity contribution < 1.29 is 15.2 Å². The van der Waals surface area contributed by atoms with Gasteiger partial charge in [-0.05, 0) is 24.1 Å². The predicted molar refractivity (Wildman–Crippen MR) is 61.5 cm³/mol. The van der Waals surface area contributed by atoms with Crippen molar-refractivity contribution in [1.82, 2.24) is 0 Å². The Bertz CT molecular complexity index is 377. The minimum absolute atomic E-state index is 0.347. The smallest absolute Gasteiger partial charge is 0.127 e. The lowest BCUT2D eigenvalue weighted by molar-refractivity contribution is -0.666. The number of nitrogens with two attached hydrogens (primary N) is 1. The molecule has 1 aliphatic rings. The Labute approximate surface area is 103 Å². The summed E-state index contributed by atoms with van der Waals surface area (Å²) in [5.74, 6) is -0.484. The summed E-state index contributed by atoms with van der Waals surface area (Å²) in [5.41, 5.74) is 1.26. The molecular weight excluding hydrogens is 270 g/mol. The van der Waals surface area contributed by atoms with Gasteiger partial charge >= 0.3 is 0 Å². The summed E-state index contributed by atoms with van der Waals surface area (Å²) >= 11 is 3.39. The molecule has 0 spiro atoms. The third-order valence-electron chi connectivity index (χ3n) is 3.08. The van der Waals surface area contributed by atoms with Crippen LogP contribution in [0.3, 0.4) is 0 Å². The monoisotopic (exact) mass is 283 g/mol. The molecule has 0 bridgehead atoms. The number of halogens is 1. The maximum atomic E-state index is 10.7. The molecule has 1 fully saturated rings. The van der Waals surface area contributed by atoms with E-state index in [1.54, 1.807) is 0 Å². The molecule has 1 aromatic rings. The Hall–Kier alpha value is -0.870. The first-order valence-electron chi connectivity index (χ1n) is 5.44. The van der Waals surface area contributed by atoms with Gasteiger partial charge in [-0.25, -0.2) is 0 Å². The first-order valence-corrected chi connectivity index (χ1v) is 6.23. The molecule has 16 heavy (non-hydrogen) atoms. The third kappa shape index (κ3) is 2.83. The molecular formula is C12H14BrNO2. The quantitative estimate of drug-likeness (QED) is 0.828. The van der Waals surface area contributed by atoms with Crippen molar-refractivity contribution in [2.24, 2.45) is 5.92 Å². The van der Waals surface area contributed by atoms with Crippen LogP contribution in [-0.2, 0) is 11.2 Å². The van der Waals surface area contributed by atoms with E-state index in [9.17, 15) is 9.90 Å². The lowest BCUT2D eigenvalue weighted by Gasteiger charge is -2.08. The highest BCUT2D eigenvalue weighted by atomic mass is 79.9. The highest BCUT2D eigenvalue weighted by Gasteiger charge is 2.28. The lowest BCUT2D eigenvalue weighted by Crippen LogP contribution is -2.90.